The lowest BCUT2D eigenvalue weighted by Gasteiger charge is -2.32. The molecule has 1 aliphatic rings. The van der Waals surface area contributed by atoms with Crippen molar-refractivity contribution in [1.29, 1.82) is 0 Å². The van der Waals surface area contributed by atoms with Crippen LogP contribution in [0.5, 0.6) is 5.75 Å². The lowest BCUT2D eigenvalue weighted by atomic mass is 10.0. The fraction of sp³-hybridized carbons (Fsp3) is 0.222. The molecule has 0 saturated heterocycles. The molecule has 142 valence electrons. The third-order valence-electron chi connectivity index (χ3n) is 3.95. The van der Waals surface area contributed by atoms with E-state index in [0.29, 0.717) is 5.69 Å². The van der Waals surface area contributed by atoms with Crippen molar-refractivity contribution in [3.63, 3.8) is 0 Å². The Morgan fingerprint density at radius 1 is 1.22 bits per heavy atom. The molecule has 2 aromatic rings. The molecule has 0 fully saturated rings. The second-order valence-corrected chi connectivity index (χ2v) is 7.62. The standard InChI is InChI=1S/C18H18N2O6S/c1-3-25-17(22)18(2)16(21)19-14-10-9-12(11-15(14)26-18)20-27(23,24)13-7-5-4-6-8-13/h4-11,20H,3H2,1-2H3,(H,19,21)/t18-/m1/s1. The summed E-state index contributed by atoms with van der Waals surface area (Å²) in [5, 5.41) is 2.57. The Hall–Kier alpha value is -3.07. The average molecular weight is 390 g/mol. The Bertz CT molecular complexity index is 990. The van der Waals surface area contributed by atoms with Gasteiger partial charge in [0.1, 0.15) is 5.75 Å². The van der Waals surface area contributed by atoms with Gasteiger partial charge in [-0.05, 0) is 38.1 Å². The molecule has 3 rings (SSSR count). The third-order valence-corrected chi connectivity index (χ3v) is 5.35. The van der Waals surface area contributed by atoms with Crippen LogP contribution in [0.4, 0.5) is 11.4 Å². The molecule has 8 nitrogen and oxygen atoms in total. The number of nitrogens with one attached hydrogen (secondary N) is 2. The van der Waals surface area contributed by atoms with Gasteiger partial charge in [-0.3, -0.25) is 9.52 Å². The summed E-state index contributed by atoms with van der Waals surface area (Å²) in [6.45, 7) is 3.01. The molecule has 2 aromatic carbocycles. The summed E-state index contributed by atoms with van der Waals surface area (Å²) < 4.78 is 37.8. The first-order valence-corrected chi connectivity index (χ1v) is 9.64. The monoisotopic (exact) mass is 390 g/mol. The Morgan fingerprint density at radius 2 is 1.93 bits per heavy atom. The van der Waals surface area contributed by atoms with E-state index in [-0.39, 0.29) is 22.9 Å². The van der Waals surface area contributed by atoms with Crippen LogP contribution in [0.15, 0.2) is 53.4 Å². The number of hydrogen-bond acceptors (Lipinski definition) is 6. The Labute approximate surface area is 156 Å². The van der Waals surface area contributed by atoms with Gasteiger partial charge in [-0.1, -0.05) is 18.2 Å². The molecule has 2 N–H and O–H groups in total. The van der Waals surface area contributed by atoms with Crippen molar-refractivity contribution in [1.82, 2.24) is 0 Å². The number of ether oxygens (including phenoxy) is 2. The summed E-state index contributed by atoms with van der Waals surface area (Å²) in [6, 6.07) is 12.2. The van der Waals surface area contributed by atoms with Crippen LogP contribution in [0.3, 0.4) is 0 Å². The van der Waals surface area contributed by atoms with Crippen LogP contribution in [0.2, 0.25) is 0 Å². The second-order valence-electron chi connectivity index (χ2n) is 5.94. The number of fused-ring (bicyclic) bond motifs is 1. The van der Waals surface area contributed by atoms with Gasteiger partial charge in [0, 0.05) is 6.07 Å². The molecule has 0 radical (unpaired) electrons. The van der Waals surface area contributed by atoms with Gasteiger partial charge in [0.15, 0.2) is 0 Å². The van der Waals surface area contributed by atoms with E-state index in [2.05, 4.69) is 10.0 Å². The second kappa shape index (κ2) is 6.92. The van der Waals surface area contributed by atoms with E-state index in [0.717, 1.165) is 0 Å². The van der Waals surface area contributed by atoms with E-state index in [4.69, 9.17) is 9.47 Å². The first-order chi connectivity index (χ1) is 12.8. The molecule has 1 aliphatic heterocycles. The van der Waals surface area contributed by atoms with Crippen LogP contribution >= 0.6 is 0 Å². The maximum absolute atomic E-state index is 12.4. The lowest BCUT2D eigenvalue weighted by Crippen LogP contribution is -2.55. The van der Waals surface area contributed by atoms with Crippen molar-refractivity contribution in [2.24, 2.45) is 0 Å². The molecule has 0 bridgehead atoms. The highest BCUT2D eigenvalue weighted by molar-refractivity contribution is 7.92. The minimum absolute atomic E-state index is 0.0921. The van der Waals surface area contributed by atoms with Crippen molar-refractivity contribution in [2.45, 2.75) is 24.3 Å². The molecular formula is C18H18N2O6S. The topological polar surface area (TPSA) is 111 Å². The zero-order valence-electron chi connectivity index (χ0n) is 14.7. The van der Waals surface area contributed by atoms with Gasteiger partial charge in [0.05, 0.1) is 22.9 Å². The molecule has 0 unspecified atom stereocenters. The van der Waals surface area contributed by atoms with Gasteiger partial charge in [-0.15, -0.1) is 0 Å². The van der Waals surface area contributed by atoms with Crippen molar-refractivity contribution in [3.8, 4) is 5.75 Å². The van der Waals surface area contributed by atoms with E-state index in [9.17, 15) is 18.0 Å². The molecule has 0 aliphatic carbocycles. The first-order valence-electron chi connectivity index (χ1n) is 8.16. The molecule has 1 atom stereocenters. The number of benzene rings is 2. The number of hydrogen-bond donors (Lipinski definition) is 2. The van der Waals surface area contributed by atoms with Crippen molar-refractivity contribution in [3.05, 3.63) is 48.5 Å². The summed E-state index contributed by atoms with van der Waals surface area (Å²) in [6.07, 6.45) is 0. The van der Waals surface area contributed by atoms with E-state index in [1.807, 2.05) is 0 Å². The molecule has 1 heterocycles. The average Bonchev–Trinajstić information content (AvgIpc) is 2.63. The number of carbonyl (C=O) groups is 2. The maximum atomic E-state index is 12.4. The van der Waals surface area contributed by atoms with Gasteiger partial charge >= 0.3 is 5.97 Å². The highest BCUT2D eigenvalue weighted by Gasteiger charge is 2.48. The van der Waals surface area contributed by atoms with Gasteiger partial charge < -0.3 is 14.8 Å². The number of esters is 1. The molecule has 1 amide bonds. The first kappa shape index (κ1) is 18.7. The Kier molecular flexibility index (Phi) is 4.79. The van der Waals surface area contributed by atoms with E-state index < -0.39 is 27.5 Å². The quantitative estimate of drug-likeness (QED) is 0.598. The molecule has 9 heteroatoms. The van der Waals surface area contributed by atoms with Gasteiger partial charge in [-0.2, -0.15) is 0 Å². The van der Waals surface area contributed by atoms with Crippen molar-refractivity contribution >= 4 is 33.3 Å². The highest BCUT2D eigenvalue weighted by Crippen LogP contribution is 2.36. The van der Waals surface area contributed by atoms with Crippen LogP contribution in [-0.4, -0.2) is 32.5 Å². The van der Waals surface area contributed by atoms with Crippen LogP contribution in [0.1, 0.15) is 13.8 Å². The van der Waals surface area contributed by atoms with E-state index >= 15 is 0 Å². The Balaban J connectivity index is 1.89. The number of amides is 1. The van der Waals surface area contributed by atoms with Gasteiger partial charge in [0.25, 0.3) is 21.5 Å². The van der Waals surface area contributed by atoms with Crippen LogP contribution < -0.4 is 14.8 Å². The molecular weight excluding hydrogens is 372 g/mol. The maximum Gasteiger partial charge on any atom is 0.360 e. The van der Waals surface area contributed by atoms with Crippen LogP contribution in [0, 0.1) is 0 Å². The molecule has 0 saturated carbocycles. The number of anilines is 2. The SMILES string of the molecule is CCOC(=O)[C@]1(C)Oc2cc(NS(=O)(=O)c3ccccc3)ccc2NC1=O. The van der Waals surface area contributed by atoms with Crippen LogP contribution in [-0.2, 0) is 24.3 Å². The molecule has 0 aromatic heterocycles. The zero-order valence-corrected chi connectivity index (χ0v) is 15.5. The van der Waals surface area contributed by atoms with Crippen LogP contribution in [0.25, 0.3) is 0 Å². The lowest BCUT2D eigenvalue weighted by molar-refractivity contribution is -0.165. The largest absolute Gasteiger partial charge is 0.464 e. The summed E-state index contributed by atoms with van der Waals surface area (Å²) in [5.41, 5.74) is -1.32. The third kappa shape index (κ3) is 3.59. The summed E-state index contributed by atoms with van der Waals surface area (Å²) in [7, 11) is -3.79. The zero-order chi connectivity index (χ0) is 19.7. The number of carbonyl (C=O) groups excluding carboxylic acids is 2. The highest BCUT2D eigenvalue weighted by atomic mass is 32.2. The smallest absolute Gasteiger partial charge is 0.360 e. The normalized spacial score (nSPS) is 18.7. The summed E-state index contributed by atoms with van der Waals surface area (Å²) in [5.74, 6) is -1.34. The summed E-state index contributed by atoms with van der Waals surface area (Å²) in [4.78, 5) is 24.5. The number of sulfonamides is 1. The van der Waals surface area contributed by atoms with Gasteiger partial charge in [-0.25, -0.2) is 13.2 Å². The fourth-order valence-corrected chi connectivity index (χ4v) is 3.57. The number of rotatable bonds is 5. The van der Waals surface area contributed by atoms with Crippen molar-refractivity contribution in [2.75, 3.05) is 16.6 Å². The van der Waals surface area contributed by atoms with E-state index in [1.54, 1.807) is 25.1 Å². The minimum atomic E-state index is -3.79. The van der Waals surface area contributed by atoms with Crippen molar-refractivity contribution < 1.29 is 27.5 Å². The van der Waals surface area contributed by atoms with E-state index in [1.165, 1.54) is 37.3 Å². The summed E-state index contributed by atoms with van der Waals surface area (Å²) >= 11 is 0. The fourth-order valence-electron chi connectivity index (χ4n) is 2.50. The predicted molar refractivity (Wildman–Crippen MR) is 98.0 cm³/mol. The predicted octanol–water partition coefficient (Wildman–Crippen LogP) is 2.14. The molecule has 0 spiro atoms. The van der Waals surface area contributed by atoms with Gasteiger partial charge in [0.2, 0.25) is 0 Å². The molecule has 27 heavy (non-hydrogen) atoms. The minimum Gasteiger partial charge on any atom is -0.464 e. The Morgan fingerprint density at radius 3 is 2.59 bits per heavy atom.